The van der Waals surface area contributed by atoms with Gasteiger partial charge in [-0.1, -0.05) is 22.4 Å². The van der Waals surface area contributed by atoms with E-state index in [1.165, 1.54) is 0 Å². The molecule has 0 bridgehead atoms. The average Bonchev–Trinajstić information content (AvgIpc) is 2.34. The molecule has 5 heteroatoms. The van der Waals surface area contributed by atoms with Crippen LogP contribution in [0.3, 0.4) is 0 Å². The van der Waals surface area contributed by atoms with E-state index in [-0.39, 0.29) is 18.5 Å². The molecule has 1 heterocycles. The lowest BCUT2D eigenvalue weighted by molar-refractivity contribution is -0.152. The van der Waals surface area contributed by atoms with Gasteiger partial charge in [0, 0.05) is 10.0 Å². The molecular weight excluding hydrogens is 312 g/mol. The number of hydrogen-bond donors (Lipinski definition) is 0. The SMILES string of the molecule is O=C(OCc1cc2c(cc1Br)OCCO2)C1CCC1. The maximum Gasteiger partial charge on any atom is 0.309 e. The van der Waals surface area contributed by atoms with Gasteiger partial charge in [0.05, 0.1) is 5.92 Å². The number of ether oxygens (including phenoxy) is 3. The van der Waals surface area contributed by atoms with Gasteiger partial charge in [-0.05, 0) is 25.0 Å². The number of carbonyl (C=O) groups is 1. The summed E-state index contributed by atoms with van der Waals surface area (Å²) in [7, 11) is 0. The monoisotopic (exact) mass is 326 g/mol. The highest BCUT2D eigenvalue weighted by atomic mass is 79.9. The van der Waals surface area contributed by atoms with Crippen molar-refractivity contribution in [2.24, 2.45) is 5.92 Å². The number of fused-ring (bicyclic) bond motifs is 1. The number of hydrogen-bond acceptors (Lipinski definition) is 4. The molecular formula is C14H15BrO4. The van der Waals surface area contributed by atoms with Crippen molar-refractivity contribution in [3.63, 3.8) is 0 Å². The van der Waals surface area contributed by atoms with Crippen molar-refractivity contribution >= 4 is 21.9 Å². The first-order valence-electron chi connectivity index (χ1n) is 6.48. The summed E-state index contributed by atoms with van der Waals surface area (Å²) < 4.78 is 17.2. The first-order valence-corrected chi connectivity index (χ1v) is 7.28. The Hall–Kier alpha value is -1.23. The van der Waals surface area contributed by atoms with Crippen LogP contribution in [0.15, 0.2) is 16.6 Å². The van der Waals surface area contributed by atoms with E-state index in [9.17, 15) is 4.79 Å². The lowest BCUT2D eigenvalue weighted by atomic mass is 9.86. The smallest absolute Gasteiger partial charge is 0.309 e. The zero-order valence-electron chi connectivity index (χ0n) is 10.5. The second-order valence-corrected chi connectivity index (χ2v) is 5.68. The molecule has 102 valence electrons. The molecule has 0 saturated heterocycles. The van der Waals surface area contributed by atoms with Crippen molar-refractivity contribution in [3.05, 3.63) is 22.2 Å². The van der Waals surface area contributed by atoms with Gasteiger partial charge >= 0.3 is 5.97 Å². The van der Waals surface area contributed by atoms with E-state index in [0.29, 0.717) is 19.0 Å². The Morgan fingerprint density at radius 1 is 1.26 bits per heavy atom. The Kier molecular flexibility index (Phi) is 3.64. The van der Waals surface area contributed by atoms with Crippen LogP contribution in [0.4, 0.5) is 0 Å². The van der Waals surface area contributed by atoms with Gasteiger partial charge in [0.1, 0.15) is 19.8 Å². The first-order chi connectivity index (χ1) is 9.24. The number of halogens is 1. The van der Waals surface area contributed by atoms with Gasteiger partial charge in [0.15, 0.2) is 11.5 Å². The van der Waals surface area contributed by atoms with Crippen LogP contribution in [0.1, 0.15) is 24.8 Å². The molecule has 0 amide bonds. The highest BCUT2D eigenvalue weighted by Gasteiger charge is 2.27. The normalized spacial score (nSPS) is 17.7. The molecule has 1 aliphatic heterocycles. The molecule has 0 N–H and O–H groups in total. The van der Waals surface area contributed by atoms with E-state index in [1.54, 1.807) is 0 Å². The molecule has 1 aromatic carbocycles. The predicted octanol–water partition coefficient (Wildman–Crippen LogP) is 3.06. The lowest BCUT2D eigenvalue weighted by Crippen LogP contribution is -2.24. The van der Waals surface area contributed by atoms with Crippen LogP contribution >= 0.6 is 15.9 Å². The van der Waals surface area contributed by atoms with Crippen molar-refractivity contribution in [3.8, 4) is 11.5 Å². The van der Waals surface area contributed by atoms with Gasteiger partial charge in [0.25, 0.3) is 0 Å². The summed E-state index contributed by atoms with van der Waals surface area (Å²) in [6.45, 7) is 1.39. The van der Waals surface area contributed by atoms with Crippen LogP contribution in [0, 0.1) is 5.92 Å². The van der Waals surface area contributed by atoms with E-state index in [4.69, 9.17) is 14.2 Å². The summed E-state index contributed by atoms with van der Waals surface area (Å²) in [6.07, 6.45) is 3.05. The van der Waals surface area contributed by atoms with E-state index in [0.717, 1.165) is 35.0 Å². The molecule has 4 nitrogen and oxygen atoms in total. The summed E-state index contributed by atoms with van der Waals surface area (Å²) >= 11 is 3.47. The highest BCUT2D eigenvalue weighted by Crippen LogP contribution is 2.36. The standard InChI is InChI=1S/C14H15BrO4/c15-11-7-13-12(17-4-5-18-13)6-10(11)8-19-14(16)9-2-1-3-9/h6-7,9H,1-5,8H2. The minimum Gasteiger partial charge on any atom is -0.486 e. The Balaban J connectivity index is 1.68. The van der Waals surface area contributed by atoms with Crippen molar-refractivity contribution in [1.82, 2.24) is 0 Å². The van der Waals surface area contributed by atoms with Crippen molar-refractivity contribution in [2.75, 3.05) is 13.2 Å². The summed E-state index contributed by atoms with van der Waals surface area (Å²) in [6, 6.07) is 3.73. The van der Waals surface area contributed by atoms with Crippen LogP contribution in [0.25, 0.3) is 0 Å². The van der Waals surface area contributed by atoms with Gasteiger partial charge in [0.2, 0.25) is 0 Å². The molecule has 19 heavy (non-hydrogen) atoms. The molecule has 2 aliphatic rings. The maximum absolute atomic E-state index is 11.7. The largest absolute Gasteiger partial charge is 0.486 e. The van der Waals surface area contributed by atoms with Crippen molar-refractivity contribution < 1.29 is 19.0 Å². The van der Waals surface area contributed by atoms with Gasteiger partial charge in [-0.15, -0.1) is 0 Å². The van der Waals surface area contributed by atoms with E-state index < -0.39 is 0 Å². The Morgan fingerprint density at radius 2 is 1.95 bits per heavy atom. The predicted molar refractivity (Wildman–Crippen MR) is 72.3 cm³/mol. The van der Waals surface area contributed by atoms with Crippen LogP contribution in [-0.4, -0.2) is 19.2 Å². The Bertz CT molecular complexity index is 496. The zero-order chi connectivity index (χ0) is 13.2. The summed E-state index contributed by atoms with van der Waals surface area (Å²) in [5.74, 6) is 1.46. The van der Waals surface area contributed by atoms with Crippen LogP contribution in [0.5, 0.6) is 11.5 Å². The molecule has 0 unspecified atom stereocenters. The minimum absolute atomic E-state index is 0.0898. The van der Waals surface area contributed by atoms with Gasteiger partial charge in [-0.25, -0.2) is 0 Å². The third-order valence-corrected chi connectivity index (χ3v) is 4.26. The Labute approximate surface area is 120 Å². The average molecular weight is 327 g/mol. The molecule has 0 spiro atoms. The molecule has 0 aromatic heterocycles. The summed E-state index contributed by atoms with van der Waals surface area (Å²) in [5, 5.41) is 0. The summed E-state index contributed by atoms with van der Waals surface area (Å²) in [5.41, 5.74) is 0.900. The molecule has 1 fully saturated rings. The van der Waals surface area contributed by atoms with Crippen LogP contribution in [0.2, 0.25) is 0 Å². The fourth-order valence-corrected chi connectivity index (χ4v) is 2.56. The third kappa shape index (κ3) is 2.71. The number of rotatable bonds is 3. The number of esters is 1. The molecule has 1 aliphatic carbocycles. The topological polar surface area (TPSA) is 44.8 Å². The third-order valence-electron chi connectivity index (χ3n) is 3.52. The van der Waals surface area contributed by atoms with E-state index in [2.05, 4.69) is 15.9 Å². The molecule has 0 radical (unpaired) electrons. The van der Waals surface area contributed by atoms with Gasteiger partial charge < -0.3 is 14.2 Å². The number of benzene rings is 1. The van der Waals surface area contributed by atoms with Crippen molar-refractivity contribution in [2.45, 2.75) is 25.9 Å². The second kappa shape index (κ2) is 5.41. The fourth-order valence-electron chi connectivity index (χ4n) is 2.13. The van der Waals surface area contributed by atoms with E-state index >= 15 is 0 Å². The van der Waals surface area contributed by atoms with Gasteiger partial charge in [-0.2, -0.15) is 0 Å². The molecule has 3 rings (SSSR count). The minimum atomic E-state index is -0.0898. The first kappa shape index (κ1) is 12.8. The van der Waals surface area contributed by atoms with Crippen molar-refractivity contribution in [1.29, 1.82) is 0 Å². The lowest BCUT2D eigenvalue weighted by Gasteiger charge is -2.23. The summed E-state index contributed by atoms with van der Waals surface area (Å²) in [4.78, 5) is 11.7. The van der Waals surface area contributed by atoms with Crippen LogP contribution < -0.4 is 9.47 Å². The molecule has 1 aromatic rings. The fraction of sp³-hybridized carbons (Fsp3) is 0.500. The Morgan fingerprint density at radius 3 is 2.58 bits per heavy atom. The molecule has 0 atom stereocenters. The zero-order valence-corrected chi connectivity index (χ0v) is 12.1. The molecule has 1 saturated carbocycles. The van der Waals surface area contributed by atoms with E-state index in [1.807, 2.05) is 12.1 Å². The number of carbonyl (C=O) groups excluding carboxylic acids is 1. The quantitative estimate of drug-likeness (QED) is 0.801. The van der Waals surface area contributed by atoms with Crippen LogP contribution in [-0.2, 0) is 16.1 Å². The maximum atomic E-state index is 11.7. The second-order valence-electron chi connectivity index (χ2n) is 4.82. The van der Waals surface area contributed by atoms with Gasteiger partial charge in [-0.3, -0.25) is 4.79 Å². The highest BCUT2D eigenvalue weighted by molar-refractivity contribution is 9.10.